The molecule has 4 nitrogen and oxygen atoms in total. The first-order valence-electron chi connectivity index (χ1n) is 6.33. The number of ether oxygens (including phenoxy) is 1. The zero-order chi connectivity index (χ0) is 11.8. The summed E-state index contributed by atoms with van der Waals surface area (Å²) in [6.07, 6.45) is 3.45. The maximum Gasteiger partial charge on any atom is 0.246 e. The largest absolute Gasteiger partial charge is 0.367 e. The molecule has 2 unspecified atom stereocenters. The van der Waals surface area contributed by atoms with Crippen LogP contribution in [-0.4, -0.2) is 38.3 Å². The molecule has 94 valence electrons. The first-order chi connectivity index (χ1) is 7.74. The van der Waals surface area contributed by atoms with Crippen LogP contribution in [0.25, 0.3) is 0 Å². The van der Waals surface area contributed by atoms with Crippen LogP contribution in [0.15, 0.2) is 0 Å². The molecule has 1 fully saturated rings. The Hall–Kier alpha value is -0.610. The van der Waals surface area contributed by atoms with Gasteiger partial charge in [-0.15, -0.1) is 0 Å². The Morgan fingerprint density at radius 3 is 3.06 bits per heavy atom. The van der Waals surface area contributed by atoms with Crippen molar-refractivity contribution >= 4 is 5.91 Å². The van der Waals surface area contributed by atoms with Gasteiger partial charge in [0.2, 0.25) is 5.91 Å². The highest BCUT2D eigenvalue weighted by atomic mass is 16.5. The van der Waals surface area contributed by atoms with Gasteiger partial charge in [-0.3, -0.25) is 4.79 Å². The number of amides is 1. The minimum atomic E-state index is 0.00576. The first kappa shape index (κ1) is 13.5. The van der Waals surface area contributed by atoms with E-state index in [9.17, 15) is 4.79 Å². The van der Waals surface area contributed by atoms with E-state index in [1.54, 1.807) is 0 Å². The van der Waals surface area contributed by atoms with Crippen LogP contribution in [0.1, 0.15) is 33.1 Å². The second kappa shape index (κ2) is 7.63. The van der Waals surface area contributed by atoms with Gasteiger partial charge in [0.15, 0.2) is 0 Å². The van der Waals surface area contributed by atoms with Gasteiger partial charge >= 0.3 is 0 Å². The van der Waals surface area contributed by atoms with E-state index in [1.807, 2.05) is 0 Å². The Morgan fingerprint density at radius 2 is 2.38 bits per heavy atom. The fourth-order valence-electron chi connectivity index (χ4n) is 1.82. The molecule has 0 aromatic carbocycles. The quantitative estimate of drug-likeness (QED) is 0.665. The van der Waals surface area contributed by atoms with Crippen LogP contribution in [0.2, 0.25) is 0 Å². The van der Waals surface area contributed by atoms with E-state index in [0.29, 0.717) is 5.92 Å². The molecule has 1 saturated heterocycles. The predicted octanol–water partition coefficient (Wildman–Crippen LogP) is 0.917. The number of nitrogens with one attached hydrogen (secondary N) is 2. The third-order valence-electron chi connectivity index (χ3n) is 3.04. The molecule has 0 aliphatic carbocycles. The minimum absolute atomic E-state index is 0.00576. The SMILES string of the molecule is CCCCNC(=O)COC1CNCCC1C. The van der Waals surface area contributed by atoms with Gasteiger partial charge in [0.25, 0.3) is 0 Å². The second-order valence-corrected chi connectivity index (χ2v) is 4.52. The molecule has 16 heavy (non-hydrogen) atoms. The van der Waals surface area contributed by atoms with Crippen LogP contribution in [0.5, 0.6) is 0 Å². The Labute approximate surface area is 98.1 Å². The fourth-order valence-corrected chi connectivity index (χ4v) is 1.82. The Kier molecular flexibility index (Phi) is 6.42. The summed E-state index contributed by atoms with van der Waals surface area (Å²) >= 11 is 0. The summed E-state index contributed by atoms with van der Waals surface area (Å²) in [4.78, 5) is 11.4. The molecule has 2 N–H and O–H groups in total. The molecular formula is C12H24N2O2. The lowest BCUT2D eigenvalue weighted by Crippen LogP contribution is -2.42. The maximum absolute atomic E-state index is 11.4. The number of unbranched alkanes of at least 4 members (excludes halogenated alkanes) is 1. The van der Waals surface area contributed by atoms with Gasteiger partial charge in [-0.25, -0.2) is 0 Å². The molecule has 4 heteroatoms. The number of hydrogen-bond acceptors (Lipinski definition) is 3. The number of piperidine rings is 1. The maximum atomic E-state index is 11.4. The van der Waals surface area contributed by atoms with Crippen LogP contribution < -0.4 is 10.6 Å². The van der Waals surface area contributed by atoms with Crippen molar-refractivity contribution in [2.75, 3.05) is 26.2 Å². The smallest absolute Gasteiger partial charge is 0.246 e. The molecule has 1 aliphatic rings. The molecule has 0 saturated carbocycles. The Balaban J connectivity index is 2.10. The lowest BCUT2D eigenvalue weighted by molar-refractivity contribution is -0.129. The number of carbonyl (C=O) groups is 1. The van der Waals surface area contributed by atoms with Crippen molar-refractivity contribution in [2.45, 2.75) is 39.2 Å². The molecular weight excluding hydrogens is 204 g/mol. The van der Waals surface area contributed by atoms with Crippen molar-refractivity contribution in [1.29, 1.82) is 0 Å². The van der Waals surface area contributed by atoms with Crippen LogP contribution >= 0.6 is 0 Å². The summed E-state index contributed by atoms with van der Waals surface area (Å²) < 4.78 is 5.61. The van der Waals surface area contributed by atoms with Crippen LogP contribution in [0, 0.1) is 5.92 Å². The summed E-state index contributed by atoms with van der Waals surface area (Å²) in [5.41, 5.74) is 0. The molecule has 0 aromatic rings. The van der Waals surface area contributed by atoms with E-state index in [0.717, 1.165) is 38.9 Å². The molecule has 0 bridgehead atoms. The van der Waals surface area contributed by atoms with Gasteiger partial charge in [-0.1, -0.05) is 20.3 Å². The average molecular weight is 228 g/mol. The lowest BCUT2D eigenvalue weighted by atomic mass is 9.97. The van der Waals surface area contributed by atoms with Crippen LogP contribution in [-0.2, 0) is 9.53 Å². The summed E-state index contributed by atoms with van der Waals surface area (Å²) in [7, 11) is 0. The van der Waals surface area contributed by atoms with E-state index in [4.69, 9.17) is 4.74 Å². The normalized spacial score (nSPS) is 25.4. The van der Waals surface area contributed by atoms with Crippen molar-refractivity contribution in [3.8, 4) is 0 Å². The molecule has 2 atom stereocenters. The third-order valence-corrected chi connectivity index (χ3v) is 3.04. The summed E-state index contributed by atoms with van der Waals surface area (Å²) in [6, 6.07) is 0. The molecule has 1 aliphatic heterocycles. The zero-order valence-corrected chi connectivity index (χ0v) is 10.4. The van der Waals surface area contributed by atoms with E-state index < -0.39 is 0 Å². The highest BCUT2D eigenvalue weighted by Crippen LogP contribution is 2.14. The number of hydrogen-bond donors (Lipinski definition) is 2. The first-order valence-corrected chi connectivity index (χ1v) is 6.33. The van der Waals surface area contributed by atoms with Gasteiger partial charge in [0, 0.05) is 13.1 Å². The highest BCUT2D eigenvalue weighted by molar-refractivity contribution is 5.77. The van der Waals surface area contributed by atoms with E-state index in [2.05, 4.69) is 24.5 Å². The predicted molar refractivity (Wildman–Crippen MR) is 64.3 cm³/mol. The summed E-state index contributed by atoms with van der Waals surface area (Å²) in [6.45, 7) is 7.17. The van der Waals surface area contributed by atoms with Crippen molar-refractivity contribution in [2.24, 2.45) is 5.92 Å². The molecule has 1 amide bonds. The average Bonchev–Trinajstić information content (AvgIpc) is 2.28. The zero-order valence-electron chi connectivity index (χ0n) is 10.4. The van der Waals surface area contributed by atoms with Gasteiger partial charge in [-0.2, -0.15) is 0 Å². The van der Waals surface area contributed by atoms with Crippen LogP contribution in [0.4, 0.5) is 0 Å². The van der Waals surface area contributed by atoms with E-state index >= 15 is 0 Å². The van der Waals surface area contributed by atoms with E-state index in [1.165, 1.54) is 0 Å². The number of rotatable bonds is 6. The van der Waals surface area contributed by atoms with Gasteiger partial charge < -0.3 is 15.4 Å². The van der Waals surface area contributed by atoms with Gasteiger partial charge in [-0.05, 0) is 25.3 Å². The third kappa shape index (κ3) is 4.94. The van der Waals surface area contributed by atoms with Gasteiger partial charge in [0.05, 0.1) is 6.10 Å². The highest BCUT2D eigenvalue weighted by Gasteiger charge is 2.22. The van der Waals surface area contributed by atoms with Crippen molar-refractivity contribution in [3.05, 3.63) is 0 Å². The standard InChI is InChI=1S/C12H24N2O2/c1-3-4-6-14-12(15)9-16-11-8-13-7-5-10(11)2/h10-11,13H,3-9H2,1-2H3,(H,14,15). The second-order valence-electron chi connectivity index (χ2n) is 4.52. The fraction of sp³-hybridized carbons (Fsp3) is 0.917. The van der Waals surface area contributed by atoms with Crippen molar-refractivity contribution in [1.82, 2.24) is 10.6 Å². The van der Waals surface area contributed by atoms with Gasteiger partial charge in [0.1, 0.15) is 6.61 Å². The molecule has 0 aromatic heterocycles. The van der Waals surface area contributed by atoms with Crippen molar-refractivity contribution in [3.63, 3.8) is 0 Å². The Bertz CT molecular complexity index is 209. The molecule has 0 spiro atoms. The number of carbonyl (C=O) groups excluding carboxylic acids is 1. The molecule has 1 rings (SSSR count). The Morgan fingerprint density at radius 1 is 1.56 bits per heavy atom. The molecule has 1 heterocycles. The van der Waals surface area contributed by atoms with Crippen molar-refractivity contribution < 1.29 is 9.53 Å². The molecule has 0 radical (unpaired) electrons. The lowest BCUT2D eigenvalue weighted by Gasteiger charge is -2.29. The van der Waals surface area contributed by atoms with Crippen LogP contribution in [0.3, 0.4) is 0 Å². The summed E-state index contributed by atoms with van der Waals surface area (Å²) in [5, 5.41) is 6.14. The van der Waals surface area contributed by atoms with E-state index in [-0.39, 0.29) is 18.6 Å². The minimum Gasteiger partial charge on any atom is -0.367 e. The summed E-state index contributed by atoms with van der Waals surface area (Å²) in [5.74, 6) is 0.552. The monoisotopic (exact) mass is 228 g/mol. The topological polar surface area (TPSA) is 50.4 Å².